The summed E-state index contributed by atoms with van der Waals surface area (Å²) in [6.07, 6.45) is 1.72. The minimum atomic E-state index is -3.73. The SMILES string of the molecule is CCCS(=O)(=O)N(Cc1ncc(-c2nnc(C(C)(F)F)o2)s1)c1cccc(F)c1. The van der Waals surface area contributed by atoms with Crippen LogP contribution in [0.2, 0.25) is 0 Å². The van der Waals surface area contributed by atoms with Crippen LogP contribution < -0.4 is 4.31 Å². The predicted molar refractivity (Wildman–Crippen MR) is 102 cm³/mol. The van der Waals surface area contributed by atoms with Crippen LogP contribution in [0.3, 0.4) is 0 Å². The molecule has 0 bridgehead atoms. The third-order valence-electron chi connectivity index (χ3n) is 3.74. The van der Waals surface area contributed by atoms with E-state index in [0.29, 0.717) is 23.2 Å². The Kier molecular flexibility index (Phi) is 5.94. The summed E-state index contributed by atoms with van der Waals surface area (Å²) in [5.41, 5.74) is 0.168. The van der Waals surface area contributed by atoms with Crippen LogP contribution in [-0.2, 0) is 22.5 Å². The molecule has 0 spiro atoms. The Morgan fingerprint density at radius 1 is 1.28 bits per heavy atom. The molecule has 0 aliphatic heterocycles. The molecule has 29 heavy (non-hydrogen) atoms. The quantitative estimate of drug-likeness (QED) is 0.516. The average Bonchev–Trinajstić information content (AvgIpc) is 3.28. The van der Waals surface area contributed by atoms with Crippen molar-refractivity contribution in [1.29, 1.82) is 0 Å². The number of benzene rings is 1. The van der Waals surface area contributed by atoms with Gasteiger partial charge >= 0.3 is 5.92 Å². The number of aromatic nitrogens is 3. The van der Waals surface area contributed by atoms with Crippen LogP contribution in [0.5, 0.6) is 0 Å². The van der Waals surface area contributed by atoms with E-state index in [2.05, 4.69) is 15.2 Å². The number of hydrogen-bond acceptors (Lipinski definition) is 7. The second-order valence-electron chi connectivity index (χ2n) is 6.22. The van der Waals surface area contributed by atoms with Crippen LogP contribution in [0.25, 0.3) is 10.8 Å². The maximum absolute atomic E-state index is 13.6. The molecule has 3 rings (SSSR count). The zero-order chi connectivity index (χ0) is 21.2. The molecule has 156 valence electrons. The standard InChI is InChI=1S/C17H17F3N4O3S2/c1-3-7-29(25,26)24(12-6-4-5-11(18)8-12)10-14-21-9-13(28-14)15-22-23-16(27-15)17(2,19)20/h4-6,8-9H,3,7,10H2,1-2H3. The second-order valence-corrected chi connectivity index (χ2v) is 9.35. The van der Waals surface area contributed by atoms with E-state index >= 15 is 0 Å². The van der Waals surface area contributed by atoms with Gasteiger partial charge in [0.1, 0.15) is 15.7 Å². The summed E-state index contributed by atoms with van der Waals surface area (Å²) in [4.78, 5) is 4.44. The van der Waals surface area contributed by atoms with E-state index in [9.17, 15) is 21.6 Å². The fourth-order valence-electron chi connectivity index (χ4n) is 2.45. The van der Waals surface area contributed by atoms with Crippen molar-refractivity contribution in [2.45, 2.75) is 32.7 Å². The van der Waals surface area contributed by atoms with Crippen molar-refractivity contribution >= 4 is 27.0 Å². The monoisotopic (exact) mass is 446 g/mol. The molecule has 0 unspecified atom stereocenters. The zero-order valence-electron chi connectivity index (χ0n) is 15.5. The fraction of sp³-hybridized carbons (Fsp3) is 0.353. The van der Waals surface area contributed by atoms with Crippen LogP contribution in [0.4, 0.5) is 18.9 Å². The highest BCUT2D eigenvalue weighted by Crippen LogP contribution is 2.32. The number of halogens is 3. The molecule has 0 fully saturated rings. The molecule has 2 aromatic heterocycles. The first kappa shape index (κ1) is 21.2. The van der Waals surface area contributed by atoms with Crippen molar-refractivity contribution in [3.8, 4) is 10.8 Å². The molecular weight excluding hydrogens is 429 g/mol. The minimum absolute atomic E-state index is 0.125. The Labute approximate surface area is 169 Å². The average molecular weight is 446 g/mol. The number of nitrogens with zero attached hydrogens (tertiary/aromatic N) is 4. The normalized spacial score (nSPS) is 12.3. The third-order valence-corrected chi connectivity index (χ3v) is 6.64. The van der Waals surface area contributed by atoms with E-state index in [-0.39, 0.29) is 23.9 Å². The predicted octanol–water partition coefficient (Wildman–Crippen LogP) is 4.19. The molecule has 0 amide bonds. The van der Waals surface area contributed by atoms with Gasteiger partial charge < -0.3 is 4.42 Å². The van der Waals surface area contributed by atoms with E-state index in [4.69, 9.17) is 4.42 Å². The minimum Gasteiger partial charge on any atom is -0.414 e. The molecule has 0 radical (unpaired) electrons. The number of thiazole rings is 1. The van der Waals surface area contributed by atoms with Gasteiger partial charge in [0.2, 0.25) is 10.0 Å². The number of alkyl halides is 2. The van der Waals surface area contributed by atoms with Gasteiger partial charge in [0, 0.05) is 6.92 Å². The molecule has 0 aliphatic rings. The van der Waals surface area contributed by atoms with Crippen LogP contribution in [-0.4, -0.2) is 29.4 Å². The number of hydrogen-bond donors (Lipinski definition) is 0. The highest BCUT2D eigenvalue weighted by molar-refractivity contribution is 7.92. The molecule has 0 atom stereocenters. The third kappa shape index (κ3) is 4.93. The summed E-state index contributed by atoms with van der Waals surface area (Å²) >= 11 is 1.02. The van der Waals surface area contributed by atoms with Gasteiger partial charge in [-0.2, -0.15) is 8.78 Å². The molecule has 0 aliphatic carbocycles. The van der Waals surface area contributed by atoms with Gasteiger partial charge in [-0.3, -0.25) is 4.31 Å². The lowest BCUT2D eigenvalue weighted by molar-refractivity contribution is -0.0105. The molecule has 0 saturated carbocycles. The highest BCUT2D eigenvalue weighted by atomic mass is 32.2. The van der Waals surface area contributed by atoms with Crippen molar-refractivity contribution in [1.82, 2.24) is 15.2 Å². The fourth-order valence-corrected chi connectivity index (χ4v) is 4.85. The van der Waals surface area contributed by atoms with Crippen molar-refractivity contribution in [2.75, 3.05) is 10.1 Å². The molecule has 3 aromatic rings. The summed E-state index contributed by atoms with van der Waals surface area (Å²) < 4.78 is 71.6. The van der Waals surface area contributed by atoms with E-state index in [1.807, 2.05) is 0 Å². The topological polar surface area (TPSA) is 89.2 Å². The van der Waals surface area contributed by atoms with Gasteiger partial charge in [0.25, 0.3) is 11.8 Å². The molecule has 1 aromatic carbocycles. The Morgan fingerprint density at radius 2 is 2.03 bits per heavy atom. The first-order chi connectivity index (χ1) is 13.6. The van der Waals surface area contributed by atoms with Gasteiger partial charge in [-0.25, -0.2) is 17.8 Å². The van der Waals surface area contributed by atoms with E-state index in [1.165, 1.54) is 24.4 Å². The summed E-state index contributed by atoms with van der Waals surface area (Å²) in [5, 5.41) is 7.26. The van der Waals surface area contributed by atoms with Crippen LogP contribution >= 0.6 is 11.3 Å². The Balaban J connectivity index is 1.90. The lowest BCUT2D eigenvalue weighted by Crippen LogP contribution is -2.32. The van der Waals surface area contributed by atoms with E-state index in [1.54, 1.807) is 6.92 Å². The van der Waals surface area contributed by atoms with E-state index < -0.39 is 27.7 Å². The van der Waals surface area contributed by atoms with Crippen molar-refractivity contribution in [3.05, 3.63) is 47.2 Å². The van der Waals surface area contributed by atoms with Crippen LogP contribution in [0.1, 0.15) is 31.2 Å². The second kappa shape index (κ2) is 8.11. The van der Waals surface area contributed by atoms with Crippen molar-refractivity contribution in [2.24, 2.45) is 0 Å². The maximum atomic E-state index is 13.6. The zero-order valence-corrected chi connectivity index (χ0v) is 17.1. The van der Waals surface area contributed by atoms with Gasteiger partial charge in [-0.1, -0.05) is 13.0 Å². The van der Waals surface area contributed by atoms with Gasteiger partial charge in [-0.05, 0) is 24.6 Å². The maximum Gasteiger partial charge on any atom is 0.321 e. The summed E-state index contributed by atoms with van der Waals surface area (Å²) in [7, 11) is -3.73. The van der Waals surface area contributed by atoms with Gasteiger partial charge in [0.05, 0.1) is 24.2 Å². The van der Waals surface area contributed by atoms with Gasteiger partial charge in [0.15, 0.2) is 0 Å². The molecule has 2 heterocycles. The number of rotatable bonds is 8. The largest absolute Gasteiger partial charge is 0.414 e. The van der Waals surface area contributed by atoms with E-state index in [0.717, 1.165) is 21.7 Å². The highest BCUT2D eigenvalue weighted by Gasteiger charge is 2.32. The summed E-state index contributed by atoms with van der Waals surface area (Å²) in [5.74, 6) is -4.94. The van der Waals surface area contributed by atoms with Crippen molar-refractivity contribution in [3.63, 3.8) is 0 Å². The summed E-state index contributed by atoms with van der Waals surface area (Å²) in [6.45, 7) is 2.21. The number of anilines is 1. The molecule has 7 nitrogen and oxygen atoms in total. The van der Waals surface area contributed by atoms with Gasteiger partial charge in [-0.15, -0.1) is 21.5 Å². The lowest BCUT2D eigenvalue weighted by atomic mass is 10.3. The molecule has 12 heteroatoms. The number of sulfonamides is 1. The first-order valence-electron chi connectivity index (χ1n) is 8.53. The molecule has 0 saturated heterocycles. The Bertz CT molecular complexity index is 1090. The smallest absolute Gasteiger partial charge is 0.321 e. The van der Waals surface area contributed by atoms with Crippen LogP contribution in [0, 0.1) is 5.82 Å². The first-order valence-corrected chi connectivity index (χ1v) is 11.0. The molecular formula is C17H17F3N4O3S2. The Hall–Kier alpha value is -2.47. The van der Waals surface area contributed by atoms with Crippen molar-refractivity contribution < 1.29 is 26.0 Å². The Morgan fingerprint density at radius 3 is 2.66 bits per heavy atom. The molecule has 0 N–H and O–H groups in total. The van der Waals surface area contributed by atoms with Crippen LogP contribution in [0.15, 0.2) is 34.9 Å². The lowest BCUT2D eigenvalue weighted by Gasteiger charge is -2.23. The summed E-state index contributed by atoms with van der Waals surface area (Å²) in [6, 6.07) is 5.23.